The van der Waals surface area contributed by atoms with Crippen LogP contribution >= 0.6 is 0 Å². The van der Waals surface area contributed by atoms with Gasteiger partial charge < -0.3 is 10.6 Å². The molecule has 1 amide bonds. The van der Waals surface area contributed by atoms with E-state index in [0.717, 1.165) is 31.4 Å². The molecule has 0 unspecified atom stereocenters. The SMILES string of the molecule is N#CC1(NC(=O)CNc2ccc(F)c(F)c2F)CCCCC1. The van der Waals surface area contributed by atoms with Gasteiger partial charge in [-0.2, -0.15) is 5.26 Å². The largest absolute Gasteiger partial charge is 0.374 e. The first-order valence-electron chi connectivity index (χ1n) is 7.07. The Balaban J connectivity index is 1.96. The van der Waals surface area contributed by atoms with Gasteiger partial charge in [0.25, 0.3) is 0 Å². The topological polar surface area (TPSA) is 64.9 Å². The van der Waals surface area contributed by atoms with E-state index in [1.807, 2.05) is 0 Å². The lowest BCUT2D eigenvalue weighted by Crippen LogP contribution is -2.50. The maximum absolute atomic E-state index is 13.5. The monoisotopic (exact) mass is 311 g/mol. The molecule has 1 saturated carbocycles. The number of benzene rings is 1. The summed E-state index contributed by atoms with van der Waals surface area (Å²) in [5, 5.41) is 14.3. The molecular formula is C15H16F3N3O. The van der Waals surface area contributed by atoms with E-state index in [-0.39, 0.29) is 12.2 Å². The molecular weight excluding hydrogens is 295 g/mol. The molecule has 2 N–H and O–H groups in total. The van der Waals surface area contributed by atoms with Crippen LogP contribution in [0.15, 0.2) is 12.1 Å². The zero-order chi connectivity index (χ0) is 16.2. The van der Waals surface area contributed by atoms with Crippen molar-refractivity contribution >= 4 is 11.6 Å². The number of hydrogen-bond donors (Lipinski definition) is 2. The Morgan fingerprint density at radius 2 is 1.86 bits per heavy atom. The van der Waals surface area contributed by atoms with Crippen molar-refractivity contribution in [1.29, 1.82) is 5.26 Å². The van der Waals surface area contributed by atoms with Gasteiger partial charge in [0, 0.05) is 0 Å². The molecule has 0 heterocycles. The highest BCUT2D eigenvalue weighted by Gasteiger charge is 2.33. The van der Waals surface area contributed by atoms with Crippen LogP contribution in [0.4, 0.5) is 18.9 Å². The molecule has 4 nitrogen and oxygen atoms in total. The summed E-state index contributed by atoms with van der Waals surface area (Å²) in [5.74, 6) is -4.75. The van der Waals surface area contributed by atoms with Crippen molar-refractivity contribution in [3.63, 3.8) is 0 Å². The number of rotatable bonds is 4. The second-order valence-corrected chi connectivity index (χ2v) is 5.38. The summed E-state index contributed by atoms with van der Waals surface area (Å²) in [5.41, 5.74) is -1.19. The average Bonchev–Trinajstić information content (AvgIpc) is 2.53. The third kappa shape index (κ3) is 3.50. The van der Waals surface area contributed by atoms with Gasteiger partial charge in [0.05, 0.1) is 18.3 Å². The van der Waals surface area contributed by atoms with E-state index in [9.17, 15) is 23.2 Å². The Morgan fingerprint density at radius 1 is 1.18 bits per heavy atom. The Hall–Kier alpha value is -2.23. The molecule has 2 rings (SSSR count). The highest BCUT2D eigenvalue weighted by Crippen LogP contribution is 2.27. The van der Waals surface area contributed by atoms with Gasteiger partial charge in [-0.1, -0.05) is 19.3 Å². The second-order valence-electron chi connectivity index (χ2n) is 5.38. The van der Waals surface area contributed by atoms with Crippen LogP contribution in [-0.4, -0.2) is 18.0 Å². The van der Waals surface area contributed by atoms with E-state index in [1.54, 1.807) is 0 Å². The second kappa shape index (κ2) is 6.69. The molecule has 1 aromatic carbocycles. The molecule has 22 heavy (non-hydrogen) atoms. The Morgan fingerprint density at radius 3 is 2.50 bits per heavy atom. The van der Waals surface area contributed by atoms with Crippen LogP contribution in [0, 0.1) is 28.8 Å². The maximum Gasteiger partial charge on any atom is 0.240 e. The Kier molecular flexibility index (Phi) is 4.91. The summed E-state index contributed by atoms with van der Waals surface area (Å²) < 4.78 is 39.3. The normalized spacial score (nSPS) is 16.6. The quantitative estimate of drug-likeness (QED) is 0.840. The maximum atomic E-state index is 13.5. The number of hydrogen-bond acceptors (Lipinski definition) is 3. The third-order valence-electron chi connectivity index (χ3n) is 3.77. The van der Waals surface area contributed by atoms with Crippen molar-refractivity contribution in [2.45, 2.75) is 37.6 Å². The van der Waals surface area contributed by atoms with Crippen molar-refractivity contribution < 1.29 is 18.0 Å². The third-order valence-corrected chi connectivity index (χ3v) is 3.77. The highest BCUT2D eigenvalue weighted by molar-refractivity contribution is 5.81. The number of amides is 1. The molecule has 1 aromatic rings. The number of nitrogens with one attached hydrogen (secondary N) is 2. The summed E-state index contributed by atoms with van der Waals surface area (Å²) in [7, 11) is 0. The van der Waals surface area contributed by atoms with Crippen LogP contribution in [0.5, 0.6) is 0 Å². The highest BCUT2D eigenvalue weighted by atomic mass is 19.2. The number of carbonyl (C=O) groups excluding carboxylic acids is 1. The average molecular weight is 311 g/mol. The standard InChI is InChI=1S/C15H16F3N3O/c16-10-4-5-11(14(18)13(10)17)20-8-12(22)21-15(9-19)6-2-1-3-7-15/h4-5,20H,1-3,6-8H2,(H,21,22). The molecule has 118 valence electrons. The summed E-state index contributed by atoms with van der Waals surface area (Å²) >= 11 is 0. The van der Waals surface area contributed by atoms with Gasteiger partial charge in [-0.3, -0.25) is 4.79 Å². The van der Waals surface area contributed by atoms with E-state index < -0.39 is 28.9 Å². The molecule has 1 aliphatic rings. The fraction of sp³-hybridized carbons (Fsp3) is 0.467. The molecule has 1 fully saturated rings. The van der Waals surface area contributed by atoms with Crippen molar-refractivity contribution in [3.8, 4) is 6.07 Å². The molecule has 0 radical (unpaired) electrons. The minimum Gasteiger partial charge on any atom is -0.374 e. The number of halogens is 3. The molecule has 1 aliphatic carbocycles. The summed E-state index contributed by atoms with van der Waals surface area (Å²) in [6, 6.07) is 3.92. The number of nitriles is 1. The molecule has 7 heteroatoms. The Bertz CT molecular complexity index is 607. The van der Waals surface area contributed by atoms with Crippen LogP contribution in [0.2, 0.25) is 0 Å². The number of carbonyl (C=O) groups is 1. The zero-order valence-corrected chi connectivity index (χ0v) is 11.9. The van der Waals surface area contributed by atoms with E-state index in [1.165, 1.54) is 0 Å². The summed E-state index contributed by atoms with van der Waals surface area (Å²) in [4.78, 5) is 11.9. The van der Waals surface area contributed by atoms with Crippen molar-refractivity contribution in [1.82, 2.24) is 5.32 Å². The van der Waals surface area contributed by atoms with Crippen LogP contribution in [0.3, 0.4) is 0 Å². The lowest BCUT2D eigenvalue weighted by atomic mass is 9.83. The predicted molar refractivity (Wildman–Crippen MR) is 74.4 cm³/mol. The summed E-state index contributed by atoms with van der Waals surface area (Å²) in [6.45, 7) is -0.328. The van der Waals surface area contributed by atoms with E-state index in [0.29, 0.717) is 12.8 Å². The van der Waals surface area contributed by atoms with Gasteiger partial charge in [0.1, 0.15) is 5.54 Å². The van der Waals surface area contributed by atoms with Gasteiger partial charge in [0.15, 0.2) is 17.5 Å². The minimum absolute atomic E-state index is 0.302. The first kappa shape index (κ1) is 16.1. The van der Waals surface area contributed by atoms with Gasteiger partial charge in [-0.15, -0.1) is 0 Å². The zero-order valence-electron chi connectivity index (χ0n) is 11.9. The van der Waals surface area contributed by atoms with E-state index >= 15 is 0 Å². The predicted octanol–water partition coefficient (Wildman–Crippen LogP) is 2.86. The fourth-order valence-corrected chi connectivity index (χ4v) is 2.57. The fourth-order valence-electron chi connectivity index (χ4n) is 2.57. The number of nitrogens with zero attached hydrogens (tertiary/aromatic N) is 1. The van der Waals surface area contributed by atoms with Crippen LogP contribution in [-0.2, 0) is 4.79 Å². The van der Waals surface area contributed by atoms with Crippen molar-refractivity contribution in [2.75, 3.05) is 11.9 Å². The minimum atomic E-state index is -1.59. The number of anilines is 1. The van der Waals surface area contributed by atoms with E-state index in [4.69, 9.17) is 0 Å². The van der Waals surface area contributed by atoms with Crippen LogP contribution in [0.25, 0.3) is 0 Å². The lowest BCUT2D eigenvalue weighted by Gasteiger charge is -2.31. The van der Waals surface area contributed by atoms with Gasteiger partial charge in [-0.25, -0.2) is 13.2 Å². The summed E-state index contributed by atoms with van der Waals surface area (Å²) in [6.07, 6.45) is 3.90. The van der Waals surface area contributed by atoms with Crippen LogP contribution < -0.4 is 10.6 Å². The molecule has 0 aromatic heterocycles. The van der Waals surface area contributed by atoms with Crippen molar-refractivity contribution in [2.24, 2.45) is 0 Å². The molecule has 0 bridgehead atoms. The molecule has 0 aliphatic heterocycles. The van der Waals surface area contributed by atoms with Gasteiger partial charge in [-0.05, 0) is 25.0 Å². The lowest BCUT2D eigenvalue weighted by molar-refractivity contribution is -0.121. The molecule has 0 spiro atoms. The smallest absolute Gasteiger partial charge is 0.240 e. The first-order chi connectivity index (χ1) is 10.5. The van der Waals surface area contributed by atoms with Crippen LogP contribution in [0.1, 0.15) is 32.1 Å². The molecule has 0 saturated heterocycles. The van der Waals surface area contributed by atoms with Crippen molar-refractivity contribution in [3.05, 3.63) is 29.6 Å². The van der Waals surface area contributed by atoms with E-state index in [2.05, 4.69) is 16.7 Å². The Labute approximate surface area is 126 Å². The van der Waals surface area contributed by atoms with Gasteiger partial charge >= 0.3 is 0 Å². The first-order valence-corrected chi connectivity index (χ1v) is 7.07. The molecule has 0 atom stereocenters. The van der Waals surface area contributed by atoms with Gasteiger partial charge in [0.2, 0.25) is 5.91 Å².